The molecule has 1 atom stereocenters. The molecule has 4 nitrogen and oxygen atoms in total. The molecule has 1 N–H and O–H groups in total. The van der Waals surface area contributed by atoms with Gasteiger partial charge in [-0.05, 0) is 25.7 Å². The number of hydrogen-bond donors (Lipinski definition) is 1. The fourth-order valence-electron chi connectivity index (χ4n) is 2.73. The molecule has 0 amide bonds. The number of rotatable bonds is 16. The van der Waals surface area contributed by atoms with Gasteiger partial charge in [0.2, 0.25) is 0 Å². The van der Waals surface area contributed by atoms with Gasteiger partial charge < -0.3 is 9.84 Å². The maximum atomic E-state index is 11.7. The van der Waals surface area contributed by atoms with E-state index in [1.165, 1.54) is 57.8 Å². The molecule has 0 rings (SSSR count). The zero-order valence-corrected chi connectivity index (χ0v) is 15.6. The van der Waals surface area contributed by atoms with Crippen LogP contribution in [-0.4, -0.2) is 23.1 Å². The van der Waals surface area contributed by atoms with E-state index in [0.717, 1.165) is 37.8 Å². The van der Waals surface area contributed by atoms with E-state index in [2.05, 4.69) is 13.8 Å². The van der Waals surface area contributed by atoms with Crippen LogP contribution in [0.1, 0.15) is 97.3 Å². The third-order valence-electron chi connectivity index (χ3n) is 4.15. The minimum atomic E-state index is -1.13. The molecule has 0 aliphatic rings. The summed E-state index contributed by atoms with van der Waals surface area (Å²) in [5, 5.41) is 8.57. The van der Waals surface area contributed by atoms with Gasteiger partial charge in [0.25, 0.3) is 0 Å². The van der Waals surface area contributed by atoms with E-state index < -0.39 is 11.9 Å². The molecule has 0 saturated carbocycles. The fourth-order valence-corrected chi connectivity index (χ4v) is 2.73. The van der Waals surface area contributed by atoms with Crippen LogP contribution in [0.3, 0.4) is 0 Å². The summed E-state index contributed by atoms with van der Waals surface area (Å²) in [5.74, 6) is -1.67. The van der Waals surface area contributed by atoms with Gasteiger partial charge in [0.05, 0.1) is 0 Å². The second kappa shape index (κ2) is 16.5. The Morgan fingerprint density at radius 2 is 1.25 bits per heavy atom. The average Bonchev–Trinajstić information content (AvgIpc) is 2.55. The van der Waals surface area contributed by atoms with E-state index in [9.17, 15) is 9.59 Å². The van der Waals surface area contributed by atoms with Crippen molar-refractivity contribution in [1.29, 1.82) is 0 Å². The van der Waals surface area contributed by atoms with Crippen molar-refractivity contribution in [3.05, 3.63) is 12.2 Å². The van der Waals surface area contributed by atoms with Crippen molar-refractivity contribution in [2.45, 2.75) is 103 Å². The van der Waals surface area contributed by atoms with Crippen molar-refractivity contribution in [3.63, 3.8) is 0 Å². The van der Waals surface area contributed by atoms with Crippen LogP contribution in [0.25, 0.3) is 0 Å². The van der Waals surface area contributed by atoms with Crippen LogP contribution < -0.4 is 0 Å². The zero-order valence-electron chi connectivity index (χ0n) is 15.6. The number of unbranched alkanes of at least 4 members (excludes halogenated alkanes) is 9. The molecule has 0 fully saturated rings. The molecule has 1 unspecified atom stereocenters. The molecule has 4 heteroatoms. The van der Waals surface area contributed by atoms with Gasteiger partial charge in [-0.3, -0.25) is 0 Å². The zero-order chi connectivity index (χ0) is 18.0. The van der Waals surface area contributed by atoms with Gasteiger partial charge in [0.1, 0.15) is 6.10 Å². The minimum absolute atomic E-state index is 0.0799. The molecule has 0 saturated heterocycles. The van der Waals surface area contributed by atoms with E-state index in [1.54, 1.807) is 0 Å². The van der Waals surface area contributed by atoms with Gasteiger partial charge in [-0.1, -0.05) is 71.6 Å². The molecule has 0 heterocycles. The number of carboxylic acids is 1. The van der Waals surface area contributed by atoms with Crippen LogP contribution in [0, 0.1) is 0 Å². The number of carbonyl (C=O) groups excluding carboxylic acids is 1. The smallest absolute Gasteiger partial charge is 0.331 e. The first-order chi connectivity index (χ1) is 11.6. The summed E-state index contributed by atoms with van der Waals surface area (Å²) in [4.78, 5) is 22.2. The molecule has 0 spiro atoms. The Hall–Kier alpha value is -1.32. The first-order valence-electron chi connectivity index (χ1n) is 9.71. The Labute approximate surface area is 147 Å². The SMILES string of the molecule is CCCCCCCCC(CCCCCCC)OC(=O)C=CC(=O)O. The summed E-state index contributed by atoms with van der Waals surface area (Å²) in [6.45, 7) is 4.40. The average molecular weight is 341 g/mol. The molecule has 0 radical (unpaired) electrons. The Bertz CT molecular complexity index is 350. The third-order valence-corrected chi connectivity index (χ3v) is 4.15. The second-order valence-corrected chi connectivity index (χ2v) is 6.49. The highest BCUT2D eigenvalue weighted by Crippen LogP contribution is 2.16. The number of esters is 1. The van der Waals surface area contributed by atoms with Crippen LogP contribution >= 0.6 is 0 Å². The van der Waals surface area contributed by atoms with Crippen LogP contribution in [-0.2, 0) is 14.3 Å². The van der Waals surface area contributed by atoms with E-state index in [-0.39, 0.29) is 6.10 Å². The van der Waals surface area contributed by atoms with Crippen LogP contribution in [0.4, 0.5) is 0 Å². The number of aliphatic carboxylic acids is 1. The number of ether oxygens (including phenoxy) is 1. The maximum Gasteiger partial charge on any atom is 0.331 e. The largest absolute Gasteiger partial charge is 0.478 e. The predicted molar refractivity (Wildman–Crippen MR) is 98.0 cm³/mol. The highest BCUT2D eigenvalue weighted by atomic mass is 16.5. The fraction of sp³-hybridized carbons (Fsp3) is 0.800. The molecular formula is C20H36O4. The lowest BCUT2D eigenvalue weighted by Gasteiger charge is -2.17. The van der Waals surface area contributed by atoms with Crippen LogP contribution in [0.5, 0.6) is 0 Å². The Morgan fingerprint density at radius 1 is 0.792 bits per heavy atom. The van der Waals surface area contributed by atoms with E-state index in [1.807, 2.05) is 0 Å². The van der Waals surface area contributed by atoms with Gasteiger partial charge >= 0.3 is 11.9 Å². The molecular weight excluding hydrogens is 304 g/mol. The summed E-state index contributed by atoms with van der Waals surface area (Å²) in [5.41, 5.74) is 0. The maximum absolute atomic E-state index is 11.7. The molecule has 0 bridgehead atoms. The van der Waals surface area contributed by atoms with Crippen molar-refractivity contribution < 1.29 is 19.4 Å². The molecule has 24 heavy (non-hydrogen) atoms. The van der Waals surface area contributed by atoms with E-state index in [0.29, 0.717) is 0 Å². The number of carbonyl (C=O) groups is 2. The molecule has 0 aromatic rings. The first-order valence-corrected chi connectivity index (χ1v) is 9.71. The lowest BCUT2D eigenvalue weighted by molar-refractivity contribution is -0.144. The second-order valence-electron chi connectivity index (χ2n) is 6.49. The van der Waals surface area contributed by atoms with Gasteiger partial charge in [-0.15, -0.1) is 0 Å². The minimum Gasteiger partial charge on any atom is -0.478 e. The Kier molecular flexibility index (Phi) is 15.6. The monoisotopic (exact) mass is 340 g/mol. The molecule has 0 aliphatic heterocycles. The highest BCUT2D eigenvalue weighted by molar-refractivity contribution is 5.90. The summed E-state index contributed by atoms with van der Waals surface area (Å²) in [6, 6.07) is 0. The van der Waals surface area contributed by atoms with Crippen molar-refractivity contribution in [2.24, 2.45) is 0 Å². The van der Waals surface area contributed by atoms with Crippen molar-refractivity contribution >= 4 is 11.9 Å². The highest BCUT2D eigenvalue weighted by Gasteiger charge is 2.12. The number of hydrogen-bond acceptors (Lipinski definition) is 3. The quantitative estimate of drug-likeness (QED) is 0.224. The lowest BCUT2D eigenvalue weighted by atomic mass is 10.0. The summed E-state index contributed by atoms with van der Waals surface area (Å²) in [6.07, 6.45) is 16.8. The van der Waals surface area contributed by atoms with Gasteiger partial charge in [0, 0.05) is 12.2 Å². The summed E-state index contributed by atoms with van der Waals surface area (Å²) >= 11 is 0. The Morgan fingerprint density at radius 3 is 1.71 bits per heavy atom. The third kappa shape index (κ3) is 15.6. The molecule has 0 aliphatic carbocycles. The van der Waals surface area contributed by atoms with Crippen molar-refractivity contribution in [3.8, 4) is 0 Å². The molecule has 0 aromatic heterocycles. The van der Waals surface area contributed by atoms with E-state index in [4.69, 9.17) is 9.84 Å². The van der Waals surface area contributed by atoms with E-state index >= 15 is 0 Å². The van der Waals surface area contributed by atoms with Crippen molar-refractivity contribution in [2.75, 3.05) is 0 Å². The standard InChI is InChI=1S/C20H36O4/c1-3-5-7-9-11-13-15-18(14-12-10-8-6-4-2)24-20(23)17-16-19(21)22/h16-18H,3-15H2,1-2H3,(H,21,22). The normalized spacial score (nSPS) is 12.4. The van der Waals surface area contributed by atoms with Crippen LogP contribution in [0.2, 0.25) is 0 Å². The summed E-state index contributed by atoms with van der Waals surface area (Å²) < 4.78 is 5.45. The number of carboxylic acid groups (broad SMARTS) is 1. The predicted octanol–water partition coefficient (Wildman–Crippen LogP) is 5.65. The molecule has 0 aromatic carbocycles. The summed E-state index contributed by atoms with van der Waals surface area (Å²) in [7, 11) is 0. The van der Waals surface area contributed by atoms with Gasteiger partial charge in [-0.2, -0.15) is 0 Å². The Balaban J connectivity index is 4.12. The van der Waals surface area contributed by atoms with Crippen molar-refractivity contribution in [1.82, 2.24) is 0 Å². The van der Waals surface area contributed by atoms with Gasteiger partial charge in [-0.25, -0.2) is 9.59 Å². The lowest BCUT2D eigenvalue weighted by Crippen LogP contribution is -2.17. The van der Waals surface area contributed by atoms with Gasteiger partial charge in [0.15, 0.2) is 0 Å². The topological polar surface area (TPSA) is 63.6 Å². The van der Waals surface area contributed by atoms with Crippen LogP contribution in [0.15, 0.2) is 12.2 Å². The first kappa shape index (κ1) is 22.7. The molecule has 140 valence electrons.